The lowest BCUT2D eigenvalue weighted by molar-refractivity contribution is -0.186. The van der Waals surface area contributed by atoms with E-state index >= 15 is 0 Å². The number of hydrogen-bond acceptors (Lipinski definition) is 6. The van der Waals surface area contributed by atoms with Gasteiger partial charge >= 0.3 is 0 Å². The van der Waals surface area contributed by atoms with Gasteiger partial charge in [0.05, 0.1) is 18.9 Å². The van der Waals surface area contributed by atoms with Gasteiger partial charge in [-0.15, -0.1) is 0 Å². The highest BCUT2D eigenvalue weighted by molar-refractivity contribution is 6.40. The number of piperidine rings is 1. The van der Waals surface area contributed by atoms with Crippen molar-refractivity contribution in [2.75, 3.05) is 31.3 Å². The summed E-state index contributed by atoms with van der Waals surface area (Å²) < 4.78 is 11.4. The second kappa shape index (κ2) is 6.81. The Kier molecular flexibility index (Phi) is 4.50. The third-order valence-corrected chi connectivity index (χ3v) is 5.27. The third-order valence-electron chi connectivity index (χ3n) is 5.27. The summed E-state index contributed by atoms with van der Waals surface area (Å²) in [6, 6.07) is 9.07. The lowest BCUT2D eigenvalue weighted by Crippen LogP contribution is -2.49. The second-order valence-corrected chi connectivity index (χ2v) is 6.96. The minimum Gasteiger partial charge on any atom is -0.347 e. The predicted molar refractivity (Wildman–Crippen MR) is 95.9 cm³/mol. The van der Waals surface area contributed by atoms with Gasteiger partial charge in [0.1, 0.15) is 11.8 Å². The molecule has 0 bridgehead atoms. The summed E-state index contributed by atoms with van der Waals surface area (Å²) in [5.74, 6) is -0.597. The molecule has 1 atom stereocenters. The third kappa shape index (κ3) is 3.12. The molecule has 0 aliphatic carbocycles. The molecule has 7 heteroatoms. The zero-order chi connectivity index (χ0) is 18.1. The number of hydrazone groups is 1. The highest BCUT2D eigenvalue weighted by Gasteiger charge is 2.42. The van der Waals surface area contributed by atoms with Crippen molar-refractivity contribution in [3.8, 4) is 0 Å². The number of nitrogens with zero attached hydrogens (tertiary/aromatic N) is 3. The molecule has 1 spiro atoms. The Morgan fingerprint density at radius 2 is 1.77 bits per heavy atom. The van der Waals surface area contributed by atoms with Gasteiger partial charge in [0, 0.05) is 32.4 Å². The normalized spacial score (nSPS) is 24.8. The Bertz CT molecular complexity index is 718. The van der Waals surface area contributed by atoms with Gasteiger partial charge in [0.25, 0.3) is 5.91 Å². The van der Waals surface area contributed by atoms with Crippen LogP contribution in [0.3, 0.4) is 0 Å². The molecule has 4 rings (SSSR count). The summed E-state index contributed by atoms with van der Waals surface area (Å²) in [5.41, 5.74) is 1.26. The number of carbonyl (C=O) groups is 2. The van der Waals surface area contributed by atoms with Crippen LogP contribution in [0, 0.1) is 0 Å². The molecule has 0 radical (unpaired) electrons. The molecule has 138 valence electrons. The molecule has 1 amide bonds. The number of ketones is 1. The van der Waals surface area contributed by atoms with Crippen molar-refractivity contribution >= 4 is 23.1 Å². The number of anilines is 1. The van der Waals surface area contributed by atoms with E-state index < -0.39 is 11.8 Å². The van der Waals surface area contributed by atoms with Gasteiger partial charge in [-0.1, -0.05) is 18.2 Å². The van der Waals surface area contributed by atoms with Gasteiger partial charge < -0.3 is 14.4 Å². The molecule has 0 saturated carbocycles. The minimum atomic E-state index is -0.508. The van der Waals surface area contributed by atoms with E-state index in [9.17, 15) is 9.59 Å². The molecular weight excluding hydrogens is 334 g/mol. The van der Waals surface area contributed by atoms with E-state index in [0.717, 1.165) is 5.69 Å². The van der Waals surface area contributed by atoms with E-state index in [2.05, 4.69) is 5.10 Å². The quantitative estimate of drug-likeness (QED) is 0.821. The van der Waals surface area contributed by atoms with Crippen LogP contribution in [0.15, 0.2) is 35.4 Å². The lowest BCUT2D eigenvalue weighted by atomic mass is 10.0. The largest absolute Gasteiger partial charge is 0.347 e. The minimum absolute atomic E-state index is 0.00533. The maximum Gasteiger partial charge on any atom is 0.270 e. The molecular formula is C19H23N3O4. The molecule has 1 unspecified atom stereocenters. The molecule has 1 aromatic carbocycles. The summed E-state index contributed by atoms with van der Waals surface area (Å²) >= 11 is 0. The summed E-state index contributed by atoms with van der Waals surface area (Å²) in [7, 11) is 0. The average Bonchev–Trinajstić information content (AvgIpc) is 3.30. The Hall–Kier alpha value is -2.25. The van der Waals surface area contributed by atoms with Crippen molar-refractivity contribution in [3.05, 3.63) is 30.3 Å². The maximum absolute atomic E-state index is 12.9. The van der Waals surface area contributed by atoms with Crippen molar-refractivity contribution in [3.63, 3.8) is 0 Å². The number of ether oxygens (including phenoxy) is 2. The molecule has 3 aliphatic heterocycles. The van der Waals surface area contributed by atoms with Crippen LogP contribution in [-0.4, -0.2) is 60.4 Å². The maximum atomic E-state index is 12.9. The SMILES string of the molecule is CC(=O)C1CC(C(=O)N2CCC3(CC2)OCCO3)=NN1c1ccccc1. The number of carbonyl (C=O) groups excluding carboxylic acids is 2. The van der Waals surface area contributed by atoms with Crippen LogP contribution in [-0.2, 0) is 19.1 Å². The fraction of sp³-hybridized carbons (Fsp3) is 0.526. The summed E-state index contributed by atoms with van der Waals surface area (Å²) in [6.07, 6.45) is 1.69. The highest BCUT2D eigenvalue weighted by Crippen LogP contribution is 2.32. The van der Waals surface area contributed by atoms with E-state index in [0.29, 0.717) is 51.3 Å². The smallest absolute Gasteiger partial charge is 0.270 e. The van der Waals surface area contributed by atoms with Crippen LogP contribution < -0.4 is 5.01 Å². The molecule has 3 aliphatic rings. The Morgan fingerprint density at radius 1 is 1.12 bits per heavy atom. The van der Waals surface area contributed by atoms with Crippen LogP contribution in [0.2, 0.25) is 0 Å². The zero-order valence-electron chi connectivity index (χ0n) is 14.9. The first kappa shape index (κ1) is 17.2. The number of likely N-dealkylation sites (tertiary alicyclic amines) is 1. The molecule has 26 heavy (non-hydrogen) atoms. The monoisotopic (exact) mass is 357 g/mol. The van der Waals surface area contributed by atoms with Crippen molar-refractivity contribution < 1.29 is 19.1 Å². The predicted octanol–water partition coefficient (Wildman–Crippen LogP) is 1.58. The number of benzene rings is 1. The molecule has 2 saturated heterocycles. The topological polar surface area (TPSA) is 71.4 Å². The van der Waals surface area contributed by atoms with Gasteiger partial charge in [0.15, 0.2) is 11.6 Å². The summed E-state index contributed by atoms with van der Waals surface area (Å²) in [6.45, 7) is 3.94. The van der Waals surface area contributed by atoms with Crippen molar-refractivity contribution in [1.29, 1.82) is 0 Å². The fourth-order valence-electron chi connectivity index (χ4n) is 3.79. The first-order valence-corrected chi connectivity index (χ1v) is 9.07. The highest BCUT2D eigenvalue weighted by atomic mass is 16.7. The number of hydrogen-bond donors (Lipinski definition) is 0. The number of Topliss-reactive ketones (excluding diaryl/α,β-unsaturated/α-hetero) is 1. The Morgan fingerprint density at radius 3 is 2.38 bits per heavy atom. The molecule has 2 fully saturated rings. The summed E-state index contributed by atoms with van der Waals surface area (Å²) in [5, 5.41) is 6.17. The van der Waals surface area contributed by atoms with Gasteiger partial charge in [0.2, 0.25) is 0 Å². The van der Waals surface area contributed by atoms with Crippen LogP contribution in [0.4, 0.5) is 5.69 Å². The van der Waals surface area contributed by atoms with Gasteiger partial charge in [-0.3, -0.25) is 14.6 Å². The standard InChI is InChI=1S/C19H23N3O4/c1-14(23)17-13-16(20-22(17)15-5-3-2-4-6-15)18(24)21-9-7-19(8-10-21)25-11-12-26-19/h2-6,17H,7-13H2,1H3. The van der Waals surface area contributed by atoms with Gasteiger partial charge in [-0.25, -0.2) is 0 Å². The first-order valence-electron chi connectivity index (χ1n) is 9.07. The van der Waals surface area contributed by atoms with E-state index in [1.54, 1.807) is 16.8 Å². The van der Waals surface area contributed by atoms with E-state index in [4.69, 9.17) is 9.47 Å². The Balaban J connectivity index is 1.48. The van der Waals surface area contributed by atoms with Crippen molar-refractivity contribution in [2.45, 2.75) is 38.0 Å². The van der Waals surface area contributed by atoms with Crippen molar-refractivity contribution in [1.82, 2.24) is 4.90 Å². The lowest BCUT2D eigenvalue weighted by Gasteiger charge is -2.37. The van der Waals surface area contributed by atoms with Crippen molar-refractivity contribution in [2.24, 2.45) is 5.10 Å². The van der Waals surface area contributed by atoms with Gasteiger partial charge in [-0.2, -0.15) is 5.10 Å². The van der Waals surface area contributed by atoms with Gasteiger partial charge in [-0.05, 0) is 19.1 Å². The second-order valence-electron chi connectivity index (χ2n) is 6.96. The van der Waals surface area contributed by atoms with E-state index in [1.807, 2.05) is 30.3 Å². The zero-order valence-corrected chi connectivity index (χ0v) is 14.9. The van der Waals surface area contributed by atoms with Crippen LogP contribution >= 0.6 is 0 Å². The van der Waals surface area contributed by atoms with Crippen LogP contribution in [0.25, 0.3) is 0 Å². The molecule has 0 aromatic heterocycles. The fourth-order valence-corrected chi connectivity index (χ4v) is 3.79. The molecule has 3 heterocycles. The van der Waals surface area contributed by atoms with E-state index in [-0.39, 0.29) is 11.7 Å². The van der Waals surface area contributed by atoms with Crippen LogP contribution in [0.1, 0.15) is 26.2 Å². The molecule has 0 N–H and O–H groups in total. The number of rotatable bonds is 3. The molecule has 7 nitrogen and oxygen atoms in total. The summed E-state index contributed by atoms with van der Waals surface area (Å²) in [4.78, 5) is 26.8. The Labute approximate surface area is 152 Å². The number of para-hydroxylation sites is 1. The number of amides is 1. The van der Waals surface area contributed by atoms with E-state index in [1.165, 1.54) is 0 Å². The first-order chi connectivity index (χ1) is 12.6. The van der Waals surface area contributed by atoms with Crippen LogP contribution in [0.5, 0.6) is 0 Å². The average molecular weight is 357 g/mol. The molecule has 1 aromatic rings.